The van der Waals surface area contributed by atoms with Crippen LogP contribution in [0.2, 0.25) is 20.5 Å². The molecule has 0 unspecified atom stereocenters. The van der Waals surface area contributed by atoms with Gasteiger partial charge in [0.2, 0.25) is 0 Å². The van der Waals surface area contributed by atoms with Crippen LogP contribution in [0.1, 0.15) is 127 Å². The Hall–Kier alpha value is -3.55. The predicted octanol–water partition coefficient (Wildman–Crippen LogP) is 12.0. The quantitative estimate of drug-likeness (QED) is 0.00413. The number of aliphatic carboxylic acids is 1. The van der Waals surface area contributed by atoms with Gasteiger partial charge in [0.15, 0.2) is 0 Å². The maximum absolute atomic E-state index is 12.3. The molecule has 0 aliphatic heterocycles. The second-order valence-corrected chi connectivity index (χ2v) is 30.5. The Balaban J connectivity index is 0. The Kier molecular flexibility index (Phi) is 51.6. The van der Waals surface area contributed by atoms with Crippen LogP contribution in [0.4, 0.5) is 22.7 Å². The number of anilines is 4. The highest BCUT2D eigenvalue weighted by Crippen LogP contribution is 2.27. The van der Waals surface area contributed by atoms with E-state index in [0.29, 0.717) is 80.9 Å². The molecular weight excluding hydrogens is 1600 g/mol. The standard InChI is InChI=1S/C20H33BCl2N2O3.C16H27BN2O3.C15H22Cl2N2O2.C9H19BINO3.C7H8IN.C2H3ClO/c1-15-6-7-18(25(10-8-22)11-9-23)16(12-15)13-17(24-21(5)27)14-19(26)28-20(2,3)4;1-11-6-7-14(18)12(8-11)9-13(19-17(5)21)10-15(20)22-16(2,3)4;1-11-2-3-14(19(6-4-16)7-5-17)12(8-11)9-13(18)10-15(20)21;1-9(2,3)15-8(13)5-7(6-11)12-10(4)14;1-5-2-3-7(9)6(8)4-5;3-1-2-4/h6-7,12,17,24,27H,8-11,13-14H2,1-5H3;6-8,13,19,21H,9-10,18H2,1-5H3;2-3,8,13H,4-7,9-10,18H2,1H3,(H,20,21);7,12,14H,5-6H2,1-4H3;2-4H,9H2,1H3;2H,1H2/t17-;2*13-;7-;;/m0001../s1. The van der Waals surface area contributed by atoms with Crippen molar-refractivity contribution >= 4 is 177 Å². The van der Waals surface area contributed by atoms with Gasteiger partial charge in [0.05, 0.1) is 31.6 Å². The van der Waals surface area contributed by atoms with Crippen LogP contribution in [0.3, 0.4) is 0 Å². The van der Waals surface area contributed by atoms with E-state index in [9.17, 15) is 29.2 Å². The zero-order valence-electron chi connectivity index (χ0n) is 60.9. The van der Waals surface area contributed by atoms with Crippen LogP contribution in [0.5, 0.6) is 0 Å². The average Bonchev–Trinajstić information content (AvgIpc) is 0.843. The molecule has 0 saturated carbocycles. The van der Waals surface area contributed by atoms with Crippen molar-refractivity contribution in [2.24, 2.45) is 5.73 Å². The Morgan fingerprint density at radius 1 is 0.525 bits per heavy atom. The van der Waals surface area contributed by atoms with Crippen LogP contribution in [-0.4, -0.2) is 172 Å². The number of nitrogen functional groups attached to an aromatic ring is 2. The molecule has 0 aliphatic rings. The number of rotatable bonds is 32. The van der Waals surface area contributed by atoms with Crippen molar-refractivity contribution in [3.63, 3.8) is 0 Å². The fraction of sp³-hybridized carbons (Fsp3) is 0.580. The Labute approximate surface area is 644 Å². The monoisotopic (exact) mass is 1710 g/mol. The number of hydrogen-bond acceptors (Lipinski definition) is 19. The topological polar surface area (TPSA) is 315 Å². The Morgan fingerprint density at radius 2 is 0.828 bits per heavy atom. The Bertz CT molecular complexity index is 2960. The van der Waals surface area contributed by atoms with E-state index >= 15 is 0 Å². The van der Waals surface area contributed by atoms with Crippen LogP contribution in [0, 0.1) is 31.3 Å². The molecule has 30 heteroatoms. The molecule has 4 atom stereocenters. The first-order chi connectivity index (χ1) is 45.9. The summed E-state index contributed by atoms with van der Waals surface area (Å²) in [6, 6.07) is 23.2. The summed E-state index contributed by atoms with van der Waals surface area (Å²) in [5.41, 5.74) is 27.3. The van der Waals surface area contributed by atoms with Gasteiger partial charge in [-0.05, 0) is 205 Å². The zero-order valence-corrected chi connectivity index (χ0v) is 69.0. The van der Waals surface area contributed by atoms with Gasteiger partial charge in [0, 0.05) is 105 Å². The maximum atomic E-state index is 12.3. The van der Waals surface area contributed by atoms with Gasteiger partial charge in [0.25, 0.3) is 0 Å². The zero-order chi connectivity index (χ0) is 76.4. The van der Waals surface area contributed by atoms with E-state index < -0.39 is 50.0 Å². The van der Waals surface area contributed by atoms with E-state index in [1.165, 1.54) is 5.56 Å². The van der Waals surface area contributed by atoms with E-state index in [2.05, 4.69) is 102 Å². The number of esters is 3. The van der Waals surface area contributed by atoms with Gasteiger partial charge in [-0.3, -0.25) is 19.2 Å². The van der Waals surface area contributed by atoms with Gasteiger partial charge >= 0.3 is 45.0 Å². The van der Waals surface area contributed by atoms with E-state index in [-0.39, 0.29) is 67.6 Å². The third kappa shape index (κ3) is 50.5. The van der Waals surface area contributed by atoms with Gasteiger partial charge in [-0.1, -0.05) is 81.7 Å². The highest BCUT2D eigenvalue weighted by molar-refractivity contribution is 14.1. The second kappa shape index (κ2) is 52.4. The van der Waals surface area contributed by atoms with E-state index in [0.717, 1.165) is 58.4 Å². The van der Waals surface area contributed by atoms with Crippen molar-refractivity contribution in [3.8, 4) is 0 Å². The average molecular weight is 1710 g/mol. The number of hydrogen-bond donors (Lipinski definition) is 10. The lowest BCUT2D eigenvalue weighted by atomic mass is 9.85. The summed E-state index contributed by atoms with van der Waals surface area (Å²) < 4.78 is 17.9. The van der Waals surface area contributed by atoms with Gasteiger partial charge < -0.3 is 81.9 Å². The smallest absolute Gasteiger partial charge is 0.373 e. The predicted molar refractivity (Wildman–Crippen MR) is 434 cm³/mol. The van der Waals surface area contributed by atoms with E-state index in [1.807, 2.05) is 132 Å². The number of nitrogens with zero attached hydrogens (tertiary/aromatic N) is 2. The number of ether oxygens (including phenoxy) is 3. The SMILES string of the molecule is CB(O)N[C@@H](CI)CC(=O)OC(C)(C)C.CB(O)N[C@H](CC(=O)OC(C)(C)C)Cc1cc(C)ccc1N.CB(O)N[C@H](CC(=O)OC(C)(C)C)Cc1cc(C)ccc1N(CCCl)CCCl.Cc1ccc(N(CCCl)CCCl)c(C[C@H](N)CC(=O)O)c1.Cc1ccc(N)c(I)c1.O=CCCl. The number of carboxylic acid groups (broad SMARTS) is 1. The minimum atomic E-state index is -0.880. The van der Waals surface area contributed by atoms with Crippen LogP contribution in [0.15, 0.2) is 72.8 Å². The van der Waals surface area contributed by atoms with Crippen molar-refractivity contribution in [1.29, 1.82) is 0 Å². The third-order valence-corrected chi connectivity index (χ3v) is 15.9. The number of carbonyl (C=O) groups excluding carboxylic acids is 4. The number of nitrogens with two attached hydrogens (primary N) is 3. The maximum Gasteiger partial charge on any atom is 0.373 e. The van der Waals surface area contributed by atoms with Crippen LogP contribution in [-0.2, 0) is 57.4 Å². The molecule has 0 aliphatic carbocycles. The largest absolute Gasteiger partial charge is 0.481 e. The molecule has 4 rings (SSSR count). The number of benzene rings is 4. The molecule has 0 amide bonds. The molecule has 4 aromatic carbocycles. The number of halogens is 7. The molecule has 20 nitrogen and oxygen atoms in total. The van der Waals surface area contributed by atoms with Crippen LogP contribution in [0.25, 0.3) is 0 Å². The molecule has 0 bridgehead atoms. The lowest BCUT2D eigenvalue weighted by Gasteiger charge is -2.28. The third-order valence-electron chi connectivity index (χ3n) is 13.1. The van der Waals surface area contributed by atoms with Crippen LogP contribution < -0.4 is 42.7 Å². The van der Waals surface area contributed by atoms with Crippen LogP contribution >= 0.6 is 103 Å². The molecule has 99 heavy (non-hydrogen) atoms. The molecule has 558 valence electrons. The first-order valence-corrected chi connectivity index (χ1v) is 38.0. The van der Waals surface area contributed by atoms with E-state index in [1.54, 1.807) is 20.5 Å². The summed E-state index contributed by atoms with van der Waals surface area (Å²) in [7, 11) is -2.05. The molecule has 13 N–H and O–H groups in total. The van der Waals surface area contributed by atoms with Crippen molar-refractivity contribution in [3.05, 3.63) is 115 Å². The van der Waals surface area contributed by atoms with E-state index in [4.69, 9.17) is 104 Å². The first-order valence-electron chi connectivity index (χ1n) is 32.8. The highest BCUT2D eigenvalue weighted by Gasteiger charge is 2.27. The summed E-state index contributed by atoms with van der Waals surface area (Å²) in [6.07, 6.45) is 2.87. The number of alkyl halides is 6. The minimum absolute atomic E-state index is 0.0413. The number of carbonyl (C=O) groups is 5. The van der Waals surface area contributed by atoms with Gasteiger partial charge in [-0.2, -0.15) is 0 Å². The minimum Gasteiger partial charge on any atom is -0.481 e. The number of carboxylic acids is 1. The summed E-state index contributed by atoms with van der Waals surface area (Å²) in [6.45, 7) is 32.3. The summed E-state index contributed by atoms with van der Waals surface area (Å²) >= 11 is 32.9. The van der Waals surface area contributed by atoms with Gasteiger partial charge in [0.1, 0.15) is 23.1 Å². The number of aldehydes is 1. The molecule has 0 saturated heterocycles. The molecule has 0 spiro atoms. The molecule has 0 radical (unpaired) electrons. The summed E-state index contributed by atoms with van der Waals surface area (Å²) in [4.78, 5) is 59.9. The molecular formula is C69H112B3Cl5I2N8O12. The first kappa shape index (κ1) is 97.5. The summed E-state index contributed by atoms with van der Waals surface area (Å²) in [5.74, 6) is 0.411. The lowest BCUT2D eigenvalue weighted by Crippen LogP contribution is -2.43. The Morgan fingerprint density at radius 3 is 1.13 bits per heavy atom. The van der Waals surface area contributed by atoms with Crippen molar-refractivity contribution in [2.75, 3.05) is 81.3 Å². The molecule has 0 aromatic heterocycles. The summed E-state index contributed by atoms with van der Waals surface area (Å²) in [5, 5.41) is 46.3. The number of nitrogens with one attached hydrogen (secondary N) is 3. The van der Waals surface area contributed by atoms with Crippen molar-refractivity contribution in [2.45, 2.75) is 196 Å². The molecule has 4 aromatic rings. The lowest BCUT2D eigenvalue weighted by molar-refractivity contribution is -0.156. The van der Waals surface area contributed by atoms with Crippen molar-refractivity contribution in [1.82, 2.24) is 15.7 Å². The second-order valence-electron chi connectivity index (χ2n) is 26.7. The molecule has 0 fully saturated rings. The van der Waals surface area contributed by atoms with Crippen molar-refractivity contribution < 1.29 is 58.4 Å². The fourth-order valence-electron chi connectivity index (χ4n) is 9.45. The fourth-order valence-corrected chi connectivity index (χ4v) is 11.5. The number of aryl methyl sites for hydroxylation is 4. The molecule has 0 heterocycles. The normalized spacial score (nSPS) is 12.2. The van der Waals surface area contributed by atoms with Gasteiger partial charge in [-0.15, -0.1) is 58.0 Å². The highest BCUT2D eigenvalue weighted by atomic mass is 127. The van der Waals surface area contributed by atoms with Gasteiger partial charge in [-0.25, -0.2) is 0 Å².